The topological polar surface area (TPSA) is 63.3 Å². The first-order chi connectivity index (χ1) is 7.61. The fraction of sp³-hybridized carbons (Fsp3) is 0.0909. The zero-order valence-corrected chi connectivity index (χ0v) is 9.17. The molecule has 1 aromatic carbocycles. The molecule has 1 aromatic heterocycles. The predicted molar refractivity (Wildman–Crippen MR) is 58.4 cm³/mol. The van der Waals surface area contributed by atoms with Gasteiger partial charge in [-0.2, -0.15) is 0 Å². The van der Waals surface area contributed by atoms with Gasteiger partial charge in [-0.05, 0) is 24.3 Å². The molecular weight excluding hydrogens is 230 g/mol. The Labute approximate surface area is 95.9 Å². The van der Waals surface area contributed by atoms with Gasteiger partial charge in [0.2, 0.25) is 5.55 Å². The zero-order valence-electron chi connectivity index (χ0n) is 8.41. The van der Waals surface area contributed by atoms with Crippen LogP contribution in [-0.4, -0.2) is 13.1 Å². The summed E-state index contributed by atoms with van der Waals surface area (Å²) in [5.74, 6) is -0.601. The second-order valence-electron chi connectivity index (χ2n) is 3.16. The molecule has 0 aliphatic rings. The van der Waals surface area contributed by atoms with E-state index in [0.29, 0.717) is 16.0 Å². The van der Waals surface area contributed by atoms with Crippen LogP contribution in [0.15, 0.2) is 28.7 Å². The van der Waals surface area contributed by atoms with Gasteiger partial charge in [0.15, 0.2) is 0 Å². The van der Waals surface area contributed by atoms with E-state index in [1.165, 1.54) is 13.2 Å². The monoisotopic (exact) mass is 237 g/mol. The molecule has 0 radical (unpaired) electrons. The van der Waals surface area contributed by atoms with Crippen LogP contribution in [0.1, 0.15) is 10.4 Å². The maximum atomic E-state index is 11.3. The fourth-order valence-corrected chi connectivity index (χ4v) is 1.55. The van der Waals surface area contributed by atoms with Crippen LogP contribution in [0.5, 0.6) is 0 Å². The number of benzene rings is 1. The Kier molecular flexibility index (Phi) is 2.66. The van der Waals surface area contributed by atoms with E-state index in [1.807, 2.05) is 0 Å². The number of hydrogen-bond donors (Lipinski definition) is 1. The highest BCUT2D eigenvalue weighted by Crippen LogP contribution is 2.18. The summed E-state index contributed by atoms with van der Waals surface area (Å²) in [4.78, 5) is 11.3. The molecule has 5 heteroatoms. The third-order valence-corrected chi connectivity index (χ3v) is 2.37. The summed E-state index contributed by atoms with van der Waals surface area (Å²) in [6.45, 7) is 0. The second kappa shape index (κ2) is 3.98. The highest BCUT2D eigenvalue weighted by Gasteiger charge is 2.11. The van der Waals surface area contributed by atoms with Crippen molar-refractivity contribution in [2.75, 3.05) is 7.11 Å². The van der Waals surface area contributed by atoms with Gasteiger partial charge >= 0.3 is 5.97 Å². The minimum Gasteiger partial charge on any atom is -0.465 e. The van der Waals surface area contributed by atoms with Crippen molar-refractivity contribution >= 4 is 28.5 Å². The van der Waals surface area contributed by atoms with Crippen LogP contribution in [0, 0.1) is 5.41 Å². The Morgan fingerprint density at radius 2 is 2.19 bits per heavy atom. The lowest BCUT2D eigenvalue weighted by molar-refractivity contribution is 0.0595. The predicted octanol–water partition coefficient (Wildman–Crippen LogP) is 2.35. The molecule has 0 bridgehead atoms. The molecule has 2 rings (SSSR count). The van der Waals surface area contributed by atoms with Gasteiger partial charge in [0.25, 0.3) is 0 Å². The van der Waals surface area contributed by atoms with E-state index < -0.39 is 5.97 Å². The highest BCUT2D eigenvalue weighted by molar-refractivity contribution is 6.31. The van der Waals surface area contributed by atoms with Crippen molar-refractivity contribution in [2.24, 2.45) is 0 Å². The maximum absolute atomic E-state index is 11.3. The third-order valence-electron chi connectivity index (χ3n) is 2.13. The number of nitrogens with one attached hydrogen (secondary N) is 1. The number of carbonyl (C=O) groups excluding carboxylic acids is 1. The van der Waals surface area contributed by atoms with E-state index in [4.69, 9.17) is 21.4 Å². The van der Waals surface area contributed by atoms with Crippen molar-refractivity contribution in [2.45, 2.75) is 0 Å². The van der Waals surface area contributed by atoms with Gasteiger partial charge in [-0.1, -0.05) is 11.6 Å². The average Bonchev–Trinajstić information content (AvgIpc) is 2.28. The molecule has 0 aliphatic carbocycles. The van der Waals surface area contributed by atoms with Crippen molar-refractivity contribution in [3.8, 4) is 0 Å². The number of halogens is 1. The van der Waals surface area contributed by atoms with Crippen LogP contribution in [0.3, 0.4) is 0 Å². The Bertz CT molecular complexity index is 618. The van der Waals surface area contributed by atoms with Gasteiger partial charge in [-0.15, -0.1) is 0 Å². The van der Waals surface area contributed by atoms with E-state index in [1.54, 1.807) is 18.2 Å². The SMILES string of the molecule is COC(=O)c1cc2cc(Cl)ccc2oc1=N. The number of rotatable bonds is 1. The van der Waals surface area contributed by atoms with Crippen molar-refractivity contribution in [3.63, 3.8) is 0 Å². The number of carbonyl (C=O) groups is 1. The lowest BCUT2D eigenvalue weighted by Gasteiger charge is -2.02. The molecule has 0 unspecified atom stereocenters. The molecule has 0 saturated heterocycles. The number of hydrogen-bond acceptors (Lipinski definition) is 4. The van der Waals surface area contributed by atoms with Gasteiger partial charge in [0.05, 0.1) is 7.11 Å². The lowest BCUT2D eigenvalue weighted by atomic mass is 10.2. The number of methoxy groups -OCH3 is 1. The second-order valence-corrected chi connectivity index (χ2v) is 3.60. The maximum Gasteiger partial charge on any atom is 0.343 e. The molecule has 0 amide bonds. The quantitative estimate of drug-likeness (QED) is 0.775. The third kappa shape index (κ3) is 1.79. The average molecular weight is 238 g/mol. The Morgan fingerprint density at radius 3 is 2.88 bits per heavy atom. The first-order valence-electron chi connectivity index (χ1n) is 4.48. The fourth-order valence-electron chi connectivity index (χ4n) is 1.37. The van der Waals surface area contributed by atoms with Crippen LogP contribution in [0.2, 0.25) is 5.02 Å². The molecule has 0 fully saturated rings. The van der Waals surface area contributed by atoms with Gasteiger partial charge in [0, 0.05) is 10.4 Å². The molecule has 0 saturated carbocycles. The first-order valence-corrected chi connectivity index (χ1v) is 4.86. The van der Waals surface area contributed by atoms with Gasteiger partial charge < -0.3 is 9.15 Å². The van der Waals surface area contributed by atoms with Crippen LogP contribution in [-0.2, 0) is 4.74 Å². The Hall–Kier alpha value is -1.81. The summed E-state index contributed by atoms with van der Waals surface area (Å²) < 4.78 is 9.72. The van der Waals surface area contributed by atoms with Crippen molar-refractivity contribution < 1.29 is 13.9 Å². The summed E-state index contributed by atoms with van der Waals surface area (Å²) in [5.41, 5.74) is 0.362. The lowest BCUT2D eigenvalue weighted by Crippen LogP contribution is -2.15. The van der Waals surface area contributed by atoms with Gasteiger partial charge in [-0.3, -0.25) is 5.41 Å². The summed E-state index contributed by atoms with van der Waals surface area (Å²) in [6, 6.07) is 6.49. The summed E-state index contributed by atoms with van der Waals surface area (Å²) in [5, 5.41) is 8.73. The number of fused-ring (bicyclic) bond motifs is 1. The van der Waals surface area contributed by atoms with E-state index >= 15 is 0 Å². The zero-order chi connectivity index (χ0) is 11.7. The smallest absolute Gasteiger partial charge is 0.343 e. The van der Waals surface area contributed by atoms with Crippen LogP contribution >= 0.6 is 11.6 Å². The summed E-state index contributed by atoms with van der Waals surface area (Å²) in [7, 11) is 1.25. The highest BCUT2D eigenvalue weighted by atomic mass is 35.5. The van der Waals surface area contributed by atoms with E-state index in [2.05, 4.69) is 4.74 Å². The summed E-state index contributed by atoms with van der Waals surface area (Å²) in [6.07, 6.45) is 0. The summed E-state index contributed by atoms with van der Waals surface area (Å²) >= 11 is 5.82. The Morgan fingerprint density at radius 1 is 1.44 bits per heavy atom. The minimum atomic E-state index is -0.601. The molecule has 16 heavy (non-hydrogen) atoms. The minimum absolute atomic E-state index is 0.0808. The van der Waals surface area contributed by atoms with Gasteiger partial charge in [0.1, 0.15) is 11.1 Å². The largest absolute Gasteiger partial charge is 0.465 e. The molecule has 0 atom stereocenters. The first kappa shape index (κ1) is 10.7. The molecular formula is C11H8ClNO3. The van der Waals surface area contributed by atoms with Crippen LogP contribution in [0.4, 0.5) is 0 Å². The van der Waals surface area contributed by atoms with E-state index in [-0.39, 0.29) is 11.1 Å². The Balaban J connectivity index is 2.74. The molecule has 1 N–H and O–H groups in total. The van der Waals surface area contributed by atoms with E-state index in [0.717, 1.165) is 0 Å². The van der Waals surface area contributed by atoms with Crippen molar-refractivity contribution in [3.05, 3.63) is 40.4 Å². The standard InChI is InChI=1S/C11H8ClNO3/c1-15-11(14)8-5-6-4-7(12)2-3-9(6)16-10(8)13/h2-5,13H,1H3. The van der Waals surface area contributed by atoms with Crippen LogP contribution < -0.4 is 5.55 Å². The molecule has 1 heterocycles. The molecule has 82 valence electrons. The van der Waals surface area contributed by atoms with Crippen molar-refractivity contribution in [1.82, 2.24) is 0 Å². The molecule has 0 aliphatic heterocycles. The number of ether oxygens (including phenoxy) is 1. The van der Waals surface area contributed by atoms with Crippen LogP contribution in [0.25, 0.3) is 11.0 Å². The van der Waals surface area contributed by atoms with Crippen molar-refractivity contribution in [1.29, 1.82) is 5.41 Å². The molecule has 0 spiro atoms. The normalized spacial score (nSPS) is 10.4. The molecule has 2 aromatic rings. The molecule has 4 nitrogen and oxygen atoms in total. The van der Waals surface area contributed by atoms with E-state index in [9.17, 15) is 4.79 Å². The number of esters is 1. The van der Waals surface area contributed by atoms with Gasteiger partial charge in [-0.25, -0.2) is 4.79 Å².